The minimum Gasteiger partial charge on any atom is -0.494 e. The van der Waals surface area contributed by atoms with Crippen LogP contribution in [0.15, 0.2) is 22.6 Å². The minimum atomic E-state index is -0.288. The molecule has 0 fully saturated rings. The van der Waals surface area contributed by atoms with Crippen LogP contribution < -0.4 is 4.74 Å². The molecule has 4 nitrogen and oxygen atoms in total. The Labute approximate surface area is 118 Å². The highest BCUT2D eigenvalue weighted by atomic mass is 19.1. The summed E-state index contributed by atoms with van der Waals surface area (Å²) in [6, 6.07) is 4.74. The van der Waals surface area contributed by atoms with Gasteiger partial charge in [0.15, 0.2) is 0 Å². The fourth-order valence-corrected chi connectivity index (χ4v) is 1.72. The van der Waals surface area contributed by atoms with Gasteiger partial charge in [-0.3, -0.25) is 0 Å². The SMILES string of the molecule is CCCCOc1ccc(F)c([CH]Cc2nnc(C)o2)c1. The number of unbranched alkanes of at least 4 members (excludes halogenated alkanes) is 1. The van der Waals surface area contributed by atoms with E-state index in [0.717, 1.165) is 12.8 Å². The molecular weight excluding hydrogens is 259 g/mol. The zero-order valence-electron chi connectivity index (χ0n) is 11.7. The summed E-state index contributed by atoms with van der Waals surface area (Å²) >= 11 is 0. The summed E-state index contributed by atoms with van der Waals surface area (Å²) in [5, 5.41) is 7.61. The van der Waals surface area contributed by atoms with Crippen molar-refractivity contribution in [2.75, 3.05) is 6.61 Å². The van der Waals surface area contributed by atoms with E-state index in [0.29, 0.717) is 36.1 Å². The van der Waals surface area contributed by atoms with Gasteiger partial charge in [0.1, 0.15) is 11.6 Å². The zero-order chi connectivity index (χ0) is 14.4. The van der Waals surface area contributed by atoms with Gasteiger partial charge in [-0.15, -0.1) is 10.2 Å². The van der Waals surface area contributed by atoms with Crippen LogP contribution in [0.1, 0.15) is 37.1 Å². The van der Waals surface area contributed by atoms with Gasteiger partial charge in [0.2, 0.25) is 11.8 Å². The van der Waals surface area contributed by atoms with Gasteiger partial charge in [0.25, 0.3) is 0 Å². The van der Waals surface area contributed by atoms with Crippen molar-refractivity contribution in [1.29, 1.82) is 0 Å². The fraction of sp³-hybridized carbons (Fsp3) is 0.400. The van der Waals surface area contributed by atoms with Gasteiger partial charge < -0.3 is 9.15 Å². The van der Waals surface area contributed by atoms with Crippen molar-refractivity contribution in [1.82, 2.24) is 10.2 Å². The minimum absolute atomic E-state index is 0.288. The molecule has 1 aromatic heterocycles. The Hall–Kier alpha value is -1.91. The summed E-state index contributed by atoms with van der Waals surface area (Å²) in [4.78, 5) is 0. The second-order valence-electron chi connectivity index (χ2n) is 4.51. The number of aryl methyl sites for hydroxylation is 1. The van der Waals surface area contributed by atoms with Crippen LogP contribution in [0.25, 0.3) is 0 Å². The lowest BCUT2D eigenvalue weighted by atomic mass is 10.1. The van der Waals surface area contributed by atoms with Gasteiger partial charge in [0.05, 0.1) is 6.61 Å². The van der Waals surface area contributed by atoms with Crippen LogP contribution in [0.4, 0.5) is 4.39 Å². The third kappa shape index (κ3) is 4.05. The summed E-state index contributed by atoms with van der Waals surface area (Å²) in [5.74, 6) is 1.36. The van der Waals surface area contributed by atoms with Crippen LogP contribution in [0.3, 0.4) is 0 Å². The number of hydrogen-bond donors (Lipinski definition) is 0. The zero-order valence-corrected chi connectivity index (χ0v) is 11.7. The number of hydrogen-bond acceptors (Lipinski definition) is 4. The van der Waals surface area contributed by atoms with E-state index in [1.165, 1.54) is 6.07 Å². The van der Waals surface area contributed by atoms with Crippen LogP contribution in [0.5, 0.6) is 5.75 Å². The molecule has 0 saturated carbocycles. The largest absolute Gasteiger partial charge is 0.494 e. The Kier molecular flexibility index (Phi) is 5.09. The van der Waals surface area contributed by atoms with Crippen LogP contribution in [0, 0.1) is 19.2 Å². The monoisotopic (exact) mass is 277 g/mol. The first-order chi connectivity index (χ1) is 9.69. The summed E-state index contributed by atoms with van der Waals surface area (Å²) in [7, 11) is 0. The maximum Gasteiger partial charge on any atom is 0.217 e. The molecule has 2 aromatic rings. The molecule has 2 rings (SSSR count). The van der Waals surface area contributed by atoms with Crippen molar-refractivity contribution in [2.24, 2.45) is 0 Å². The molecule has 0 atom stereocenters. The molecule has 0 aliphatic carbocycles. The molecule has 0 N–H and O–H groups in total. The van der Waals surface area contributed by atoms with Gasteiger partial charge in [-0.1, -0.05) is 13.3 Å². The molecule has 20 heavy (non-hydrogen) atoms. The molecule has 107 valence electrons. The van der Waals surface area contributed by atoms with Crippen molar-refractivity contribution >= 4 is 0 Å². The number of rotatable bonds is 7. The molecule has 0 saturated heterocycles. The number of halogens is 1. The third-order valence-corrected chi connectivity index (χ3v) is 2.80. The summed E-state index contributed by atoms with van der Waals surface area (Å²) in [6.45, 7) is 4.46. The van der Waals surface area contributed by atoms with Crippen molar-refractivity contribution in [3.63, 3.8) is 0 Å². The fourth-order valence-electron chi connectivity index (χ4n) is 1.72. The molecular formula is C15H18FN2O2. The first-order valence-corrected chi connectivity index (χ1v) is 6.73. The van der Waals surface area contributed by atoms with Gasteiger partial charge in [-0.05, 0) is 30.2 Å². The predicted octanol–water partition coefficient (Wildman–Crippen LogP) is 3.49. The summed E-state index contributed by atoms with van der Waals surface area (Å²) in [5.41, 5.74) is 0.481. The molecule has 0 aliphatic heterocycles. The van der Waals surface area contributed by atoms with E-state index in [9.17, 15) is 4.39 Å². The normalized spacial score (nSPS) is 10.8. The van der Waals surface area contributed by atoms with Crippen molar-refractivity contribution in [2.45, 2.75) is 33.1 Å². The molecule has 5 heteroatoms. The average molecular weight is 277 g/mol. The van der Waals surface area contributed by atoms with Crippen molar-refractivity contribution in [3.8, 4) is 5.75 Å². The topological polar surface area (TPSA) is 48.2 Å². The number of nitrogens with zero attached hydrogens (tertiary/aromatic N) is 2. The summed E-state index contributed by atoms with van der Waals surface area (Å²) < 4.78 is 24.5. The maximum absolute atomic E-state index is 13.7. The second-order valence-corrected chi connectivity index (χ2v) is 4.51. The Morgan fingerprint density at radius 3 is 2.90 bits per heavy atom. The molecule has 0 bridgehead atoms. The van der Waals surface area contributed by atoms with Gasteiger partial charge in [-0.2, -0.15) is 0 Å². The molecule has 0 spiro atoms. The first kappa shape index (κ1) is 14.5. The average Bonchev–Trinajstić information content (AvgIpc) is 2.85. The highest BCUT2D eigenvalue weighted by molar-refractivity contribution is 5.34. The third-order valence-electron chi connectivity index (χ3n) is 2.80. The lowest BCUT2D eigenvalue weighted by Gasteiger charge is -2.08. The number of ether oxygens (including phenoxy) is 1. The standard InChI is InChI=1S/C15H18FN2O2/c1-3-4-9-19-13-6-7-14(16)12(10-13)5-8-15-18-17-11(2)20-15/h5-7,10H,3-4,8-9H2,1-2H3. The molecule has 0 amide bonds. The lowest BCUT2D eigenvalue weighted by molar-refractivity contribution is 0.308. The molecule has 0 aliphatic rings. The predicted molar refractivity (Wildman–Crippen MR) is 72.9 cm³/mol. The number of benzene rings is 1. The van der Waals surface area contributed by atoms with E-state index in [-0.39, 0.29) is 5.82 Å². The van der Waals surface area contributed by atoms with Crippen LogP contribution in [0.2, 0.25) is 0 Å². The second kappa shape index (κ2) is 7.03. The van der Waals surface area contributed by atoms with Crippen LogP contribution in [-0.4, -0.2) is 16.8 Å². The smallest absolute Gasteiger partial charge is 0.217 e. The summed E-state index contributed by atoms with van der Waals surface area (Å²) in [6.07, 6.45) is 4.17. The Bertz CT molecular complexity index is 555. The van der Waals surface area contributed by atoms with E-state index >= 15 is 0 Å². The van der Waals surface area contributed by atoms with E-state index in [1.54, 1.807) is 25.5 Å². The van der Waals surface area contributed by atoms with Gasteiger partial charge in [0, 0.05) is 19.8 Å². The van der Waals surface area contributed by atoms with Gasteiger partial charge >= 0.3 is 0 Å². The molecule has 0 unspecified atom stereocenters. The van der Waals surface area contributed by atoms with Crippen molar-refractivity contribution in [3.05, 3.63) is 47.8 Å². The Morgan fingerprint density at radius 1 is 1.35 bits per heavy atom. The lowest BCUT2D eigenvalue weighted by Crippen LogP contribution is -1.99. The molecule has 1 radical (unpaired) electrons. The van der Waals surface area contributed by atoms with Gasteiger partial charge in [-0.25, -0.2) is 4.39 Å². The van der Waals surface area contributed by atoms with Crippen molar-refractivity contribution < 1.29 is 13.5 Å². The highest BCUT2D eigenvalue weighted by Gasteiger charge is 2.08. The van der Waals surface area contributed by atoms with E-state index in [2.05, 4.69) is 17.1 Å². The van der Waals surface area contributed by atoms with Crippen LogP contribution >= 0.6 is 0 Å². The Morgan fingerprint density at radius 2 is 2.20 bits per heavy atom. The van der Waals surface area contributed by atoms with E-state index < -0.39 is 0 Å². The van der Waals surface area contributed by atoms with Crippen LogP contribution in [-0.2, 0) is 6.42 Å². The Balaban J connectivity index is 1.97. The van der Waals surface area contributed by atoms with E-state index in [4.69, 9.17) is 9.15 Å². The molecule has 1 heterocycles. The number of aromatic nitrogens is 2. The van der Waals surface area contributed by atoms with E-state index in [1.807, 2.05) is 0 Å². The highest BCUT2D eigenvalue weighted by Crippen LogP contribution is 2.20. The quantitative estimate of drug-likeness (QED) is 0.727. The molecule has 1 aromatic carbocycles. The first-order valence-electron chi connectivity index (χ1n) is 6.73. The maximum atomic E-state index is 13.7.